The van der Waals surface area contributed by atoms with Crippen LogP contribution < -0.4 is 4.90 Å². The maximum Gasteiger partial charge on any atom is 0.416 e. The van der Waals surface area contributed by atoms with Gasteiger partial charge in [0.05, 0.1) is 39.8 Å². The number of amides is 2. The molecule has 0 saturated carbocycles. The van der Waals surface area contributed by atoms with Gasteiger partial charge >= 0.3 is 6.18 Å². The molecule has 0 aliphatic carbocycles. The predicted molar refractivity (Wildman–Crippen MR) is 78.3 cm³/mol. The second kappa shape index (κ2) is 4.61. The van der Waals surface area contributed by atoms with Crippen molar-refractivity contribution in [3.05, 3.63) is 40.9 Å². The van der Waals surface area contributed by atoms with Gasteiger partial charge in [0.25, 0.3) is 0 Å². The topological polar surface area (TPSA) is 46.6 Å². The number of fused-ring (bicyclic) bond motifs is 5. The van der Waals surface area contributed by atoms with Gasteiger partial charge in [-0.05, 0) is 25.1 Å². The smallest absolute Gasteiger partial charge is 0.362 e. The summed E-state index contributed by atoms with van der Waals surface area (Å²) >= 11 is 5.98. The number of nitrogens with zero attached hydrogens (tertiary/aromatic N) is 1. The molecule has 0 aromatic heterocycles. The molecule has 3 aliphatic heterocycles. The first-order valence-corrected chi connectivity index (χ1v) is 7.63. The lowest BCUT2D eigenvalue weighted by atomic mass is 9.78. The summed E-state index contributed by atoms with van der Waals surface area (Å²) in [5.41, 5.74) is -2.12. The van der Waals surface area contributed by atoms with Crippen LogP contribution in [0.1, 0.15) is 12.5 Å². The van der Waals surface area contributed by atoms with Gasteiger partial charge in [-0.25, -0.2) is 4.90 Å². The lowest BCUT2D eigenvalue weighted by Gasteiger charge is -2.24. The van der Waals surface area contributed by atoms with E-state index < -0.39 is 47.1 Å². The SMILES string of the molecule is C[C@@]12C=C[C@@H](O1)[C@@H]1C(=O)N(c3cc(C(F)(F)F)ccc3Cl)C(=O)[C@@H]12. The number of hydrogen-bond acceptors (Lipinski definition) is 3. The van der Waals surface area contributed by atoms with Crippen molar-refractivity contribution in [1.82, 2.24) is 0 Å². The third-order valence-corrected chi connectivity index (χ3v) is 5.16. The van der Waals surface area contributed by atoms with Crippen molar-refractivity contribution in [2.75, 3.05) is 4.90 Å². The maximum absolute atomic E-state index is 12.9. The Morgan fingerprint density at radius 2 is 1.96 bits per heavy atom. The number of halogens is 4. The molecule has 24 heavy (non-hydrogen) atoms. The second-order valence-electron chi connectivity index (χ2n) is 6.30. The van der Waals surface area contributed by atoms with Gasteiger partial charge in [0, 0.05) is 0 Å². The van der Waals surface area contributed by atoms with E-state index in [1.807, 2.05) is 0 Å². The Bertz CT molecular complexity index is 806. The first kappa shape index (κ1) is 15.7. The van der Waals surface area contributed by atoms with Crippen LogP contribution in [0.2, 0.25) is 5.02 Å². The van der Waals surface area contributed by atoms with Crippen molar-refractivity contribution < 1.29 is 27.5 Å². The lowest BCUT2D eigenvalue weighted by Crippen LogP contribution is -2.38. The molecular weight excluding hydrogens is 347 g/mol. The molecule has 0 radical (unpaired) electrons. The first-order valence-electron chi connectivity index (χ1n) is 7.25. The van der Waals surface area contributed by atoms with Crippen LogP contribution in [-0.4, -0.2) is 23.5 Å². The third kappa shape index (κ3) is 1.91. The van der Waals surface area contributed by atoms with E-state index in [1.165, 1.54) is 0 Å². The van der Waals surface area contributed by atoms with E-state index >= 15 is 0 Å². The first-order chi connectivity index (χ1) is 11.1. The number of ether oxygens (including phenoxy) is 1. The van der Waals surface area contributed by atoms with Gasteiger partial charge in [0.15, 0.2) is 0 Å². The molecule has 2 bridgehead atoms. The Hall–Kier alpha value is -1.86. The Kier molecular flexibility index (Phi) is 3.01. The summed E-state index contributed by atoms with van der Waals surface area (Å²) in [6, 6.07) is 2.59. The second-order valence-corrected chi connectivity index (χ2v) is 6.71. The van der Waals surface area contributed by atoms with Crippen LogP contribution >= 0.6 is 11.6 Å². The molecule has 4 rings (SSSR count). The summed E-state index contributed by atoms with van der Waals surface area (Å²) in [4.78, 5) is 26.2. The zero-order chi connectivity index (χ0) is 17.4. The van der Waals surface area contributed by atoms with Crippen molar-refractivity contribution >= 4 is 29.1 Å². The number of imide groups is 1. The molecule has 4 atom stereocenters. The van der Waals surface area contributed by atoms with E-state index in [-0.39, 0.29) is 10.7 Å². The monoisotopic (exact) mass is 357 g/mol. The van der Waals surface area contributed by atoms with Crippen LogP contribution in [0.4, 0.5) is 18.9 Å². The van der Waals surface area contributed by atoms with E-state index in [0.717, 1.165) is 23.1 Å². The molecule has 3 aliphatic rings. The quantitative estimate of drug-likeness (QED) is 0.573. The minimum absolute atomic E-state index is 0.0870. The summed E-state index contributed by atoms with van der Waals surface area (Å²) in [6.07, 6.45) is -1.70. The zero-order valence-electron chi connectivity index (χ0n) is 12.3. The van der Waals surface area contributed by atoms with Gasteiger partial charge in [0.2, 0.25) is 11.8 Å². The van der Waals surface area contributed by atoms with Crippen LogP contribution in [0, 0.1) is 11.8 Å². The summed E-state index contributed by atoms with van der Waals surface area (Å²) in [7, 11) is 0. The lowest BCUT2D eigenvalue weighted by molar-refractivity contribution is -0.137. The molecule has 2 fully saturated rings. The molecule has 0 N–H and O–H groups in total. The van der Waals surface area contributed by atoms with Gasteiger partial charge < -0.3 is 4.74 Å². The highest BCUT2D eigenvalue weighted by molar-refractivity contribution is 6.36. The number of alkyl halides is 3. The van der Waals surface area contributed by atoms with Crippen LogP contribution in [0.25, 0.3) is 0 Å². The number of benzene rings is 1. The van der Waals surface area contributed by atoms with Crippen molar-refractivity contribution in [3.8, 4) is 0 Å². The highest BCUT2D eigenvalue weighted by atomic mass is 35.5. The van der Waals surface area contributed by atoms with E-state index in [9.17, 15) is 22.8 Å². The number of carbonyl (C=O) groups excluding carboxylic acids is 2. The van der Waals surface area contributed by atoms with Gasteiger partial charge in [-0.1, -0.05) is 23.8 Å². The molecule has 0 unspecified atom stereocenters. The predicted octanol–water partition coefficient (Wildman–Crippen LogP) is 3.19. The standard InChI is InChI=1S/C16H11ClF3NO3/c1-15-5-4-10(24-15)11-12(15)14(23)21(13(11)22)9-6-7(16(18,19)20)2-3-8(9)17/h2-6,10-12H,1H3/t10-,11+,12-,15+/m1/s1. The summed E-state index contributed by atoms with van der Waals surface area (Å²) in [5.74, 6) is -2.63. The van der Waals surface area contributed by atoms with E-state index in [2.05, 4.69) is 0 Å². The Morgan fingerprint density at radius 1 is 1.25 bits per heavy atom. The van der Waals surface area contributed by atoms with Crippen molar-refractivity contribution in [1.29, 1.82) is 0 Å². The largest absolute Gasteiger partial charge is 0.416 e. The van der Waals surface area contributed by atoms with Crippen LogP contribution in [-0.2, 0) is 20.5 Å². The Morgan fingerprint density at radius 3 is 2.58 bits per heavy atom. The number of hydrogen-bond donors (Lipinski definition) is 0. The highest BCUT2D eigenvalue weighted by Crippen LogP contribution is 2.53. The molecule has 2 saturated heterocycles. The van der Waals surface area contributed by atoms with E-state index in [4.69, 9.17) is 16.3 Å². The highest BCUT2D eigenvalue weighted by Gasteiger charge is 2.66. The average molecular weight is 358 g/mol. The number of anilines is 1. The van der Waals surface area contributed by atoms with Crippen molar-refractivity contribution in [3.63, 3.8) is 0 Å². The molecule has 3 heterocycles. The third-order valence-electron chi connectivity index (χ3n) is 4.84. The van der Waals surface area contributed by atoms with E-state index in [0.29, 0.717) is 0 Å². The molecule has 4 nitrogen and oxygen atoms in total. The molecule has 126 valence electrons. The van der Waals surface area contributed by atoms with Crippen molar-refractivity contribution in [2.24, 2.45) is 11.8 Å². The fourth-order valence-corrected chi connectivity index (χ4v) is 3.95. The number of rotatable bonds is 1. The normalized spacial score (nSPS) is 34.4. The summed E-state index contributed by atoms with van der Waals surface area (Å²) < 4.78 is 44.5. The molecule has 8 heteroatoms. The molecular formula is C16H11ClF3NO3. The Balaban J connectivity index is 1.80. The fraction of sp³-hybridized carbons (Fsp3) is 0.375. The van der Waals surface area contributed by atoms with Crippen LogP contribution in [0.5, 0.6) is 0 Å². The van der Waals surface area contributed by atoms with Crippen molar-refractivity contribution in [2.45, 2.75) is 24.8 Å². The molecule has 2 amide bonds. The van der Waals surface area contributed by atoms with Crippen LogP contribution in [0.3, 0.4) is 0 Å². The Labute approximate surface area is 139 Å². The fourth-order valence-electron chi connectivity index (χ4n) is 3.75. The molecule has 1 aromatic carbocycles. The van der Waals surface area contributed by atoms with Gasteiger partial charge in [-0.15, -0.1) is 0 Å². The van der Waals surface area contributed by atoms with E-state index in [1.54, 1.807) is 19.1 Å². The summed E-state index contributed by atoms with van der Waals surface area (Å²) in [5, 5.41) is -0.0870. The maximum atomic E-state index is 12.9. The number of carbonyl (C=O) groups is 2. The van der Waals surface area contributed by atoms with Crippen LogP contribution in [0.15, 0.2) is 30.4 Å². The van der Waals surface area contributed by atoms with Gasteiger partial charge in [0.1, 0.15) is 0 Å². The molecule has 1 aromatic rings. The minimum atomic E-state index is -4.60. The zero-order valence-corrected chi connectivity index (χ0v) is 13.1. The minimum Gasteiger partial charge on any atom is -0.362 e. The molecule has 0 spiro atoms. The van der Waals surface area contributed by atoms with Gasteiger partial charge in [-0.2, -0.15) is 13.2 Å². The average Bonchev–Trinajstić information content (AvgIpc) is 3.08. The summed E-state index contributed by atoms with van der Waals surface area (Å²) in [6.45, 7) is 1.69. The van der Waals surface area contributed by atoms with Gasteiger partial charge in [-0.3, -0.25) is 9.59 Å².